The van der Waals surface area contributed by atoms with E-state index in [0.29, 0.717) is 15.6 Å². The Hall–Kier alpha value is -2.42. The molecule has 1 aromatic carbocycles. The van der Waals surface area contributed by atoms with Crippen LogP contribution in [0.3, 0.4) is 0 Å². The van der Waals surface area contributed by atoms with Gasteiger partial charge in [0.2, 0.25) is 0 Å². The number of thiazole rings is 1. The highest BCUT2D eigenvalue weighted by molar-refractivity contribution is 7.22. The number of halogens is 1. The van der Waals surface area contributed by atoms with Crippen LogP contribution >= 0.6 is 34.3 Å². The Labute approximate surface area is 156 Å². The molecule has 0 aliphatic heterocycles. The van der Waals surface area contributed by atoms with Crippen molar-refractivity contribution in [3.05, 3.63) is 56.9 Å². The van der Waals surface area contributed by atoms with Gasteiger partial charge in [-0.05, 0) is 36.6 Å². The molecule has 3 N–H and O–H groups in total. The summed E-state index contributed by atoms with van der Waals surface area (Å²) in [6.07, 6.45) is 0. The number of nitrogens with zero attached hydrogens (tertiary/aromatic N) is 1. The zero-order valence-corrected chi connectivity index (χ0v) is 15.3. The second-order valence-corrected chi connectivity index (χ2v) is 7.36. The lowest BCUT2D eigenvalue weighted by Crippen LogP contribution is -2.41. The molecule has 2 amide bonds. The van der Waals surface area contributed by atoms with E-state index in [1.54, 1.807) is 6.92 Å². The van der Waals surface area contributed by atoms with Crippen LogP contribution in [0.25, 0.3) is 9.88 Å². The van der Waals surface area contributed by atoms with E-state index in [-0.39, 0.29) is 11.3 Å². The third-order valence-electron chi connectivity index (χ3n) is 3.23. The topological polar surface area (TPSA) is 91.3 Å². The van der Waals surface area contributed by atoms with Gasteiger partial charge in [0.25, 0.3) is 11.8 Å². The first-order chi connectivity index (χ1) is 12.0. The molecule has 3 rings (SSSR count). The lowest BCUT2D eigenvalue weighted by atomic mass is 10.2. The van der Waals surface area contributed by atoms with E-state index in [1.165, 1.54) is 40.9 Å². The molecule has 0 radical (unpaired) electrons. The highest BCUT2D eigenvalue weighted by Crippen LogP contribution is 2.30. The largest absolute Gasteiger partial charge is 0.507 e. The smallest absolute Gasteiger partial charge is 0.281 e. The summed E-state index contributed by atoms with van der Waals surface area (Å²) in [5, 5.41) is 12.7. The summed E-state index contributed by atoms with van der Waals surface area (Å²) in [7, 11) is 0. The van der Waals surface area contributed by atoms with E-state index in [0.717, 1.165) is 9.88 Å². The quantitative estimate of drug-likeness (QED) is 0.593. The maximum Gasteiger partial charge on any atom is 0.281 e. The van der Waals surface area contributed by atoms with Crippen LogP contribution in [-0.2, 0) is 0 Å². The summed E-state index contributed by atoms with van der Waals surface area (Å²) >= 11 is 8.59. The van der Waals surface area contributed by atoms with Crippen LogP contribution < -0.4 is 10.9 Å². The Bertz CT molecular complexity index is 938. The minimum atomic E-state index is -0.672. The van der Waals surface area contributed by atoms with Crippen LogP contribution in [0.1, 0.15) is 25.7 Å². The van der Waals surface area contributed by atoms with Crippen molar-refractivity contribution in [2.75, 3.05) is 0 Å². The third-order valence-corrected chi connectivity index (χ3v) is 5.66. The SMILES string of the molecule is Cc1nc(-c2cccs2)sc1C(=O)NNC(=O)c1cc(Cl)ccc1O. The van der Waals surface area contributed by atoms with Gasteiger partial charge in [-0.3, -0.25) is 20.4 Å². The van der Waals surface area contributed by atoms with Gasteiger partial charge >= 0.3 is 0 Å². The van der Waals surface area contributed by atoms with Crippen LogP contribution in [0.4, 0.5) is 0 Å². The number of rotatable bonds is 3. The second-order valence-electron chi connectivity index (χ2n) is 4.98. The predicted octanol–water partition coefficient (Wildman–Crippen LogP) is 3.61. The summed E-state index contributed by atoms with van der Waals surface area (Å²) in [6.45, 7) is 1.73. The molecule has 0 saturated carbocycles. The van der Waals surface area contributed by atoms with Crippen molar-refractivity contribution in [3.8, 4) is 15.6 Å². The number of phenolic OH excluding ortho intramolecular Hbond substituents is 1. The van der Waals surface area contributed by atoms with Crippen molar-refractivity contribution >= 4 is 46.1 Å². The summed E-state index contributed by atoms with van der Waals surface area (Å²) in [5.41, 5.74) is 5.13. The average Bonchev–Trinajstić information content (AvgIpc) is 3.24. The van der Waals surface area contributed by atoms with Gasteiger partial charge in [0.05, 0.1) is 16.1 Å². The number of carbonyl (C=O) groups excluding carboxylic acids is 2. The van der Waals surface area contributed by atoms with Gasteiger partial charge in [0.15, 0.2) is 0 Å². The van der Waals surface area contributed by atoms with Crippen molar-refractivity contribution in [3.63, 3.8) is 0 Å². The molecule has 0 fully saturated rings. The number of amides is 2. The number of aromatic hydroxyl groups is 1. The van der Waals surface area contributed by atoms with Crippen LogP contribution in [0.15, 0.2) is 35.7 Å². The number of phenols is 1. The van der Waals surface area contributed by atoms with Gasteiger partial charge < -0.3 is 5.11 Å². The first-order valence-electron chi connectivity index (χ1n) is 7.06. The molecule has 0 unspecified atom stereocenters. The lowest BCUT2D eigenvalue weighted by Gasteiger charge is -2.08. The van der Waals surface area contributed by atoms with Gasteiger partial charge in [-0.1, -0.05) is 17.7 Å². The normalized spacial score (nSPS) is 10.5. The van der Waals surface area contributed by atoms with Crippen LogP contribution in [-0.4, -0.2) is 21.9 Å². The zero-order chi connectivity index (χ0) is 18.0. The number of thiophene rings is 1. The number of hydrogen-bond donors (Lipinski definition) is 3. The van der Waals surface area contributed by atoms with Crippen LogP contribution in [0.5, 0.6) is 5.75 Å². The van der Waals surface area contributed by atoms with E-state index in [9.17, 15) is 14.7 Å². The monoisotopic (exact) mass is 393 g/mol. The Kier molecular flexibility index (Phi) is 5.03. The maximum atomic E-state index is 12.3. The van der Waals surface area contributed by atoms with E-state index >= 15 is 0 Å². The van der Waals surface area contributed by atoms with Gasteiger partial charge in [-0.15, -0.1) is 22.7 Å². The molecule has 9 heteroatoms. The van der Waals surface area contributed by atoms with E-state index in [2.05, 4.69) is 15.8 Å². The number of aromatic nitrogens is 1. The Morgan fingerprint density at radius 1 is 1.20 bits per heavy atom. The summed E-state index contributed by atoms with van der Waals surface area (Å²) in [5.74, 6) is -1.38. The molecule has 128 valence electrons. The Morgan fingerprint density at radius 3 is 2.68 bits per heavy atom. The number of hydrazine groups is 1. The fraction of sp³-hybridized carbons (Fsp3) is 0.0625. The maximum absolute atomic E-state index is 12.3. The van der Waals surface area contributed by atoms with Gasteiger partial charge in [-0.25, -0.2) is 4.98 Å². The molecule has 3 aromatic rings. The summed E-state index contributed by atoms with van der Waals surface area (Å²) in [4.78, 5) is 30.1. The number of hydrogen-bond acceptors (Lipinski definition) is 6. The third kappa shape index (κ3) is 3.81. The number of nitrogens with one attached hydrogen (secondary N) is 2. The number of carbonyl (C=O) groups is 2. The fourth-order valence-electron chi connectivity index (χ4n) is 2.04. The van der Waals surface area contributed by atoms with Crippen molar-refractivity contribution in [2.45, 2.75) is 6.92 Å². The first kappa shape index (κ1) is 17.4. The Balaban J connectivity index is 1.71. The highest BCUT2D eigenvalue weighted by atomic mass is 35.5. The summed E-state index contributed by atoms with van der Waals surface area (Å²) in [6, 6.07) is 7.91. The van der Waals surface area contributed by atoms with E-state index in [4.69, 9.17) is 11.6 Å². The average molecular weight is 394 g/mol. The molecule has 0 aliphatic rings. The standard InChI is InChI=1S/C16H12ClN3O3S2/c1-8-13(25-16(18-8)12-3-2-6-24-12)15(23)20-19-14(22)10-7-9(17)4-5-11(10)21/h2-7,21H,1H3,(H,19,22)(H,20,23). The Morgan fingerprint density at radius 2 is 1.96 bits per heavy atom. The summed E-state index contributed by atoms with van der Waals surface area (Å²) < 4.78 is 0. The molecule has 2 heterocycles. The highest BCUT2D eigenvalue weighted by Gasteiger charge is 2.18. The fourth-order valence-corrected chi connectivity index (χ4v) is 3.97. The number of aryl methyl sites for hydroxylation is 1. The first-order valence-corrected chi connectivity index (χ1v) is 9.13. The number of benzene rings is 1. The minimum absolute atomic E-state index is 0.0342. The van der Waals surface area contributed by atoms with Crippen LogP contribution in [0.2, 0.25) is 5.02 Å². The molecular formula is C16H12ClN3O3S2. The molecule has 0 saturated heterocycles. The molecule has 0 atom stereocenters. The molecule has 25 heavy (non-hydrogen) atoms. The zero-order valence-electron chi connectivity index (χ0n) is 12.9. The molecule has 2 aromatic heterocycles. The molecule has 0 aliphatic carbocycles. The van der Waals surface area contributed by atoms with Gasteiger partial charge in [0, 0.05) is 5.02 Å². The minimum Gasteiger partial charge on any atom is -0.507 e. The van der Waals surface area contributed by atoms with Crippen molar-refractivity contribution in [1.82, 2.24) is 15.8 Å². The lowest BCUT2D eigenvalue weighted by molar-refractivity contribution is 0.0846. The second kappa shape index (κ2) is 7.22. The molecule has 6 nitrogen and oxygen atoms in total. The molecule has 0 bridgehead atoms. The van der Waals surface area contributed by atoms with E-state index in [1.807, 2.05) is 17.5 Å². The van der Waals surface area contributed by atoms with E-state index < -0.39 is 11.8 Å². The molecular weight excluding hydrogens is 382 g/mol. The van der Waals surface area contributed by atoms with Gasteiger partial charge in [-0.2, -0.15) is 0 Å². The van der Waals surface area contributed by atoms with Crippen molar-refractivity contribution in [2.24, 2.45) is 0 Å². The predicted molar refractivity (Wildman–Crippen MR) is 98.2 cm³/mol. The van der Waals surface area contributed by atoms with Crippen LogP contribution in [0, 0.1) is 6.92 Å². The van der Waals surface area contributed by atoms with Crippen molar-refractivity contribution < 1.29 is 14.7 Å². The van der Waals surface area contributed by atoms with Crippen molar-refractivity contribution in [1.29, 1.82) is 0 Å². The molecule has 0 spiro atoms. The van der Waals surface area contributed by atoms with Gasteiger partial charge in [0.1, 0.15) is 15.6 Å².